The highest BCUT2D eigenvalue weighted by atomic mass is 19.4. The fraction of sp³-hybridized carbons (Fsp3) is 0.286. The van der Waals surface area contributed by atoms with Crippen LogP contribution in [0, 0.1) is 23.4 Å². The Labute approximate surface area is 199 Å². The predicted molar refractivity (Wildman–Crippen MR) is 123 cm³/mol. The van der Waals surface area contributed by atoms with Crippen molar-refractivity contribution in [3.05, 3.63) is 89.3 Å². The van der Waals surface area contributed by atoms with Crippen LogP contribution in [0.15, 0.2) is 60.7 Å². The molecular weight excluding hydrogens is 469 g/mol. The molecule has 0 heterocycles. The quantitative estimate of drug-likeness (QED) is 0.318. The van der Waals surface area contributed by atoms with E-state index >= 15 is 0 Å². The summed E-state index contributed by atoms with van der Waals surface area (Å²) >= 11 is 0. The molecule has 1 fully saturated rings. The number of hydrogen-bond acceptors (Lipinski definition) is 0. The maximum atomic E-state index is 14.9. The Bertz CT molecular complexity index is 1210. The first-order valence-electron chi connectivity index (χ1n) is 11.4. The molecule has 0 amide bonds. The second kappa shape index (κ2) is 9.88. The topological polar surface area (TPSA) is 0 Å². The highest BCUT2D eigenvalue weighted by Gasteiger charge is 2.28. The largest absolute Gasteiger partial charge is 0.412 e. The van der Waals surface area contributed by atoms with Crippen molar-refractivity contribution in [1.29, 1.82) is 0 Å². The Balaban J connectivity index is 1.58. The summed E-state index contributed by atoms with van der Waals surface area (Å²) in [4.78, 5) is 0. The van der Waals surface area contributed by atoms with E-state index in [1.165, 1.54) is 30.5 Å². The molecule has 1 saturated carbocycles. The van der Waals surface area contributed by atoms with Gasteiger partial charge in [0, 0.05) is 5.56 Å². The lowest BCUT2D eigenvalue weighted by Gasteiger charge is -2.26. The second-order valence-electron chi connectivity index (χ2n) is 9.12. The Kier molecular flexibility index (Phi) is 7.06. The number of benzene rings is 3. The van der Waals surface area contributed by atoms with Gasteiger partial charge in [-0.15, -0.1) is 0 Å². The van der Waals surface area contributed by atoms with E-state index in [2.05, 4.69) is 6.92 Å². The molecule has 4 rings (SSSR count). The molecule has 1 aliphatic rings. The van der Waals surface area contributed by atoms with E-state index in [0.717, 1.165) is 24.3 Å². The summed E-state index contributed by atoms with van der Waals surface area (Å²) in [6, 6.07) is 13.3. The lowest BCUT2D eigenvalue weighted by atomic mass is 9.79. The Morgan fingerprint density at radius 3 is 1.83 bits per heavy atom. The van der Waals surface area contributed by atoms with Crippen molar-refractivity contribution in [2.75, 3.05) is 0 Å². The minimum atomic E-state index is -5.09. The monoisotopic (exact) mass is 492 g/mol. The van der Waals surface area contributed by atoms with Gasteiger partial charge in [0.15, 0.2) is 0 Å². The molecule has 0 bridgehead atoms. The Morgan fingerprint density at radius 1 is 0.743 bits per heavy atom. The highest BCUT2D eigenvalue weighted by Crippen LogP contribution is 2.37. The first-order valence-corrected chi connectivity index (χ1v) is 11.4. The molecule has 0 aromatic heterocycles. The lowest BCUT2D eigenvalue weighted by Crippen LogP contribution is -2.10. The van der Waals surface area contributed by atoms with E-state index in [1.807, 2.05) is 24.3 Å². The molecule has 3 aromatic rings. The van der Waals surface area contributed by atoms with E-state index in [-0.39, 0.29) is 11.1 Å². The van der Waals surface area contributed by atoms with Gasteiger partial charge in [-0.1, -0.05) is 56.2 Å². The van der Waals surface area contributed by atoms with Crippen LogP contribution in [0.1, 0.15) is 49.7 Å². The normalized spacial score (nSPS) is 19.1. The van der Waals surface area contributed by atoms with Crippen LogP contribution in [0.4, 0.5) is 30.7 Å². The zero-order chi connectivity index (χ0) is 25.3. The number of halogens is 7. The molecule has 0 atom stereocenters. The lowest BCUT2D eigenvalue weighted by molar-refractivity contribution is -0.0798. The number of rotatable bonds is 4. The minimum absolute atomic E-state index is 0.161. The Morgan fingerprint density at radius 2 is 1.29 bits per heavy atom. The average Bonchev–Trinajstić information content (AvgIpc) is 2.78. The third-order valence-corrected chi connectivity index (χ3v) is 6.58. The van der Waals surface area contributed by atoms with Gasteiger partial charge in [-0.05, 0) is 65.1 Å². The summed E-state index contributed by atoms with van der Waals surface area (Å²) in [5.74, 6) is -4.72. The maximum absolute atomic E-state index is 14.9. The van der Waals surface area contributed by atoms with Gasteiger partial charge in [0.25, 0.3) is 0 Å². The SMILES string of the molecule is CC1CCC(c2ccc(-c3ccc(-c4cc(F)c(/C(F)=C/C(F)(F)F)c(F)c4)c(F)c3)cc2)CC1. The molecule has 0 unspecified atom stereocenters. The molecule has 0 saturated heterocycles. The molecule has 35 heavy (non-hydrogen) atoms. The molecule has 7 heteroatoms. The second-order valence-corrected chi connectivity index (χ2v) is 9.12. The first-order chi connectivity index (χ1) is 16.5. The summed E-state index contributed by atoms with van der Waals surface area (Å²) in [6.07, 6.45) is -1.23. The van der Waals surface area contributed by atoms with Gasteiger partial charge in [0.2, 0.25) is 0 Å². The first kappa shape index (κ1) is 25.0. The predicted octanol–water partition coefficient (Wildman–Crippen LogP) is 9.60. The smallest absolute Gasteiger partial charge is 0.206 e. The number of allylic oxidation sites excluding steroid dienone is 1. The maximum Gasteiger partial charge on any atom is 0.412 e. The van der Waals surface area contributed by atoms with Crippen LogP contribution in [-0.2, 0) is 0 Å². The van der Waals surface area contributed by atoms with Crippen molar-refractivity contribution in [2.24, 2.45) is 5.92 Å². The van der Waals surface area contributed by atoms with Crippen LogP contribution in [0.2, 0.25) is 0 Å². The van der Waals surface area contributed by atoms with Gasteiger partial charge in [0.1, 0.15) is 23.3 Å². The van der Waals surface area contributed by atoms with Gasteiger partial charge in [-0.2, -0.15) is 13.2 Å². The van der Waals surface area contributed by atoms with Gasteiger partial charge >= 0.3 is 6.18 Å². The zero-order valence-electron chi connectivity index (χ0n) is 18.9. The number of alkyl halides is 3. The molecule has 0 radical (unpaired) electrons. The molecule has 0 nitrogen and oxygen atoms in total. The van der Waals surface area contributed by atoms with Gasteiger partial charge in [0.05, 0.1) is 11.6 Å². The fourth-order valence-corrected chi connectivity index (χ4v) is 4.64. The van der Waals surface area contributed by atoms with Crippen LogP contribution >= 0.6 is 0 Å². The minimum Gasteiger partial charge on any atom is -0.206 e. The van der Waals surface area contributed by atoms with Crippen LogP contribution in [0.5, 0.6) is 0 Å². The van der Waals surface area contributed by atoms with Crippen molar-refractivity contribution in [3.8, 4) is 22.3 Å². The van der Waals surface area contributed by atoms with E-state index in [4.69, 9.17) is 0 Å². The van der Waals surface area contributed by atoms with E-state index in [0.29, 0.717) is 23.6 Å². The standard InChI is InChI=1S/C28H23F7/c1-16-2-4-17(5-3-16)18-6-8-19(9-7-18)20-10-11-22(23(29)12-20)21-13-24(30)27(25(31)14-21)26(32)15-28(33,34)35/h6-17H,2-5H2,1H3/b26-15-. The van der Waals surface area contributed by atoms with Gasteiger partial charge in [-0.3, -0.25) is 0 Å². The summed E-state index contributed by atoms with van der Waals surface area (Å²) < 4.78 is 94.3. The third-order valence-electron chi connectivity index (χ3n) is 6.58. The Hall–Kier alpha value is -3.09. The van der Waals surface area contributed by atoms with Crippen molar-refractivity contribution < 1.29 is 30.7 Å². The molecule has 0 aliphatic heterocycles. The van der Waals surface area contributed by atoms with Crippen molar-refractivity contribution in [3.63, 3.8) is 0 Å². The molecule has 0 N–H and O–H groups in total. The van der Waals surface area contributed by atoms with E-state index in [1.54, 1.807) is 6.07 Å². The van der Waals surface area contributed by atoms with Crippen LogP contribution in [0.25, 0.3) is 28.1 Å². The molecular formula is C28H23F7. The molecule has 1 aliphatic carbocycles. The summed E-state index contributed by atoms with van der Waals surface area (Å²) in [7, 11) is 0. The van der Waals surface area contributed by atoms with Gasteiger partial charge < -0.3 is 0 Å². The van der Waals surface area contributed by atoms with Crippen LogP contribution in [-0.4, -0.2) is 6.18 Å². The summed E-state index contributed by atoms with van der Waals surface area (Å²) in [5, 5.41) is 0. The average molecular weight is 492 g/mol. The number of hydrogen-bond donors (Lipinski definition) is 0. The third kappa shape index (κ3) is 5.77. The van der Waals surface area contributed by atoms with Gasteiger partial charge in [-0.25, -0.2) is 17.6 Å². The van der Waals surface area contributed by atoms with E-state index < -0.39 is 41.1 Å². The zero-order valence-corrected chi connectivity index (χ0v) is 18.9. The summed E-state index contributed by atoms with van der Waals surface area (Å²) in [5.41, 5.74) is 0.717. The molecule has 3 aromatic carbocycles. The van der Waals surface area contributed by atoms with Crippen LogP contribution < -0.4 is 0 Å². The van der Waals surface area contributed by atoms with E-state index in [9.17, 15) is 30.7 Å². The van der Waals surface area contributed by atoms with Crippen molar-refractivity contribution in [2.45, 2.75) is 44.7 Å². The highest BCUT2D eigenvalue weighted by molar-refractivity contribution is 5.73. The van der Waals surface area contributed by atoms with Crippen molar-refractivity contribution >= 4 is 5.83 Å². The van der Waals surface area contributed by atoms with Crippen LogP contribution in [0.3, 0.4) is 0 Å². The fourth-order valence-electron chi connectivity index (χ4n) is 4.64. The molecule has 0 spiro atoms. The van der Waals surface area contributed by atoms with Crippen molar-refractivity contribution in [1.82, 2.24) is 0 Å². The molecule has 184 valence electrons. The summed E-state index contributed by atoms with van der Waals surface area (Å²) in [6.45, 7) is 2.26.